The number of ether oxygens (including phenoxy) is 1. The number of carbonyl (C=O) groups is 1. The summed E-state index contributed by atoms with van der Waals surface area (Å²) in [6, 6.07) is 23.7. The van der Waals surface area contributed by atoms with Crippen LogP contribution in [0.2, 0.25) is 0 Å². The molecule has 2 atom stereocenters. The van der Waals surface area contributed by atoms with Gasteiger partial charge in [-0.05, 0) is 78.9 Å². The van der Waals surface area contributed by atoms with E-state index in [0.29, 0.717) is 16.5 Å². The zero-order valence-corrected chi connectivity index (χ0v) is 22.6. The highest BCUT2D eigenvalue weighted by molar-refractivity contribution is 7.80. The Balaban J connectivity index is 1.64. The van der Waals surface area contributed by atoms with Crippen LogP contribution in [0.1, 0.15) is 30.4 Å². The lowest BCUT2D eigenvalue weighted by atomic mass is 10.0. The summed E-state index contributed by atoms with van der Waals surface area (Å²) in [4.78, 5) is 20.7. The van der Waals surface area contributed by atoms with Crippen molar-refractivity contribution < 1.29 is 9.53 Å². The first kappa shape index (κ1) is 25.3. The third kappa shape index (κ3) is 4.80. The Bertz CT molecular complexity index is 1450. The van der Waals surface area contributed by atoms with Gasteiger partial charge >= 0.3 is 0 Å². The van der Waals surface area contributed by atoms with Crippen molar-refractivity contribution in [3.05, 3.63) is 96.6 Å². The third-order valence-electron chi connectivity index (χ3n) is 6.60. The molecule has 2 aromatic heterocycles. The van der Waals surface area contributed by atoms with E-state index < -0.39 is 0 Å². The monoisotopic (exact) mass is 526 g/mol. The first-order valence-electron chi connectivity index (χ1n) is 12.3. The largest absolute Gasteiger partial charge is 0.495 e. The minimum Gasteiger partial charge on any atom is -0.495 e. The molecule has 9 heteroatoms. The van der Waals surface area contributed by atoms with Gasteiger partial charge in [0.05, 0.1) is 24.5 Å². The number of carbonyl (C=O) groups excluding carboxylic acids is 1. The number of anilines is 3. The first-order chi connectivity index (χ1) is 18.4. The Hall–Kier alpha value is -4.37. The molecule has 38 heavy (non-hydrogen) atoms. The fourth-order valence-corrected chi connectivity index (χ4v) is 5.19. The van der Waals surface area contributed by atoms with Crippen molar-refractivity contribution in [3.63, 3.8) is 0 Å². The maximum absolute atomic E-state index is 11.9. The number of hydrogen-bond donors (Lipinski definition) is 2. The third-order valence-corrected chi connectivity index (χ3v) is 6.91. The lowest BCUT2D eigenvalue weighted by molar-refractivity contribution is -0.114. The number of amides is 1. The molecule has 1 amide bonds. The van der Waals surface area contributed by atoms with Gasteiger partial charge in [-0.25, -0.2) is 0 Å². The molecular weight excluding hydrogens is 496 g/mol. The van der Waals surface area contributed by atoms with Gasteiger partial charge in [0.25, 0.3) is 0 Å². The summed E-state index contributed by atoms with van der Waals surface area (Å²) in [6.07, 6.45) is 3.85. The van der Waals surface area contributed by atoms with Gasteiger partial charge < -0.3 is 29.7 Å². The molecule has 3 heterocycles. The molecule has 0 aliphatic carbocycles. The first-order valence-corrected chi connectivity index (χ1v) is 12.7. The van der Waals surface area contributed by atoms with E-state index >= 15 is 0 Å². The number of methoxy groups -OCH3 is 1. The minimum absolute atomic E-state index is 0.180. The van der Waals surface area contributed by atoms with Crippen LogP contribution in [0.25, 0.3) is 5.69 Å². The van der Waals surface area contributed by atoms with Gasteiger partial charge in [-0.2, -0.15) is 0 Å². The van der Waals surface area contributed by atoms with Gasteiger partial charge in [-0.15, -0.1) is 0 Å². The van der Waals surface area contributed by atoms with Crippen LogP contribution in [0.4, 0.5) is 17.1 Å². The van der Waals surface area contributed by atoms with Gasteiger partial charge in [0.15, 0.2) is 5.11 Å². The molecule has 2 N–H and O–H groups in total. The molecule has 1 saturated heterocycles. The summed E-state index contributed by atoms with van der Waals surface area (Å²) in [7, 11) is 5.64. The van der Waals surface area contributed by atoms with E-state index in [9.17, 15) is 4.79 Å². The zero-order valence-electron chi connectivity index (χ0n) is 21.8. The van der Waals surface area contributed by atoms with E-state index in [1.807, 2.05) is 56.6 Å². The highest BCUT2D eigenvalue weighted by atomic mass is 32.1. The molecule has 0 unspecified atom stereocenters. The summed E-state index contributed by atoms with van der Waals surface area (Å²) in [5.74, 6) is 0.393. The van der Waals surface area contributed by atoms with E-state index in [1.165, 1.54) is 6.92 Å². The Kier molecular flexibility index (Phi) is 7.02. The van der Waals surface area contributed by atoms with E-state index in [2.05, 4.69) is 66.5 Å². The fraction of sp³-hybridized carbons (Fsp3) is 0.207. The Labute approximate surface area is 227 Å². The van der Waals surface area contributed by atoms with Crippen LogP contribution in [0, 0.1) is 0 Å². The summed E-state index contributed by atoms with van der Waals surface area (Å²) in [5.41, 5.74) is 5.50. The molecular formula is C29H30N6O2S. The number of aromatic nitrogens is 2. The van der Waals surface area contributed by atoms with Gasteiger partial charge in [-0.1, -0.05) is 6.07 Å². The number of hydrogen-bond acceptors (Lipinski definition) is 5. The summed E-state index contributed by atoms with van der Waals surface area (Å²) >= 11 is 5.90. The summed E-state index contributed by atoms with van der Waals surface area (Å²) in [6.45, 7) is 1.47. The molecule has 194 valence electrons. The zero-order chi connectivity index (χ0) is 26.8. The number of pyridine rings is 1. The number of rotatable bonds is 7. The maximum atomic E-state index is 11.9. The Morgan fingerprint density at radius 1 is 1.05 bits per heavy atom. The van der Waals surface area contributed by atoms with Gasteiger partial charge in [0, 0.05) is 56.2 Å². The van der Waals surface area contributed by atoms with Crippen LogP contribution in [-0.2, 0) is 4.79 Å². The second-order valence-corrected chi connectivity index (χ2v) is 9.66. The quantitative estimate of drug-likeness (QED) is 0.325. The molecule has 0 saturated carbocycles. The van der Waals surface area contributed by atoms with Crippen molar-refractivity contribution in [1.29, 1.82) is 0 Å². The molecule has 0 radical (unpaired) electrons. The summed E-state index contributed by atoms with van der Waals surface area (Å²) in [5, 5.41) is 6.95. The van der Waals surface area contributed by atoms with Crippen molar-refractivity contribution >= 4 is 40.3 Å². The number of thiocarbonyl (C=S) groups is 1. The second-order valence-electron chi connectivity index (χ2n) is 9.28. The molecule has 4 aromatic rings. The summed E-state index contributed by atoms with van der Waals surface area (Å²) < 4.78 is 7.67. The molecule has 5 rings (SSSR count). The maximum Gasteiger partial charge on any atom is 0.221 e. The number of nitrogens with zero attached hydrogens (tertiary/aromatic N) is 4. The lowest BCUT2D eigenvalue weighted by Gasteiger charge is -2.29. The van der Waals surface area contributed by atoms with Gasteiger partial charge in [0.1, 0.15) is 11.8 Å². The van der Waals surface area contributed by atoms with Crippen molar-refractivity contribution in [2.45, 2.75) is 19.0 Å². The van der Waals surface area contributed by atoms with Crippen molar-refractivity contribution in [2.75, 3.05) is 36.3 Å². The standard InChI is InChI=1S/C29H30N6O2S/c1-19(36)31-24-18-22(14-15-26(24)37-4)35-28(27(32-29(35)38)23-8-5-6-16-30-23)25-9-7-17-34(25)21-12-10-20(11-13-21)33(2)3/h5-18,27-28H,1-4H3,(H,31,36)(H,32,38)/t27-,28-/m1/s1. The number of benzene rings is 2. The highest BCUT2D eigenvalue weighted by Gasteiger charge is 2.42. The minimum atomic E-state index is -0.223. The second kappa shape index (κ2) is 10.5. The molecule has 1 aliphatic rings. The van der Waals surface area contributed by atoms with Crippen LogP contribution in [0.5, 0.6) is 5.75 Å². The predicted octanol–water partition coefficient (Wildman–Crippen LogP) is 5.08. The van der Waals surface area contributed by atoms with Gasteiger partial charge in [-0.3, -0.25) is 9.78 Å². The van der Waals surface area contributed by atoms with Crippen molar-refractivity contribution in [1.82, 2.24) is 14.9 Å². The molecule has 0 bridgehead atoms. The van der Waals surface area contributed by atoms with Crippen LogP contribution in [0.15, 0.2) is 85.2 Å². The molecule has 8 nitrogen and oxygen atoms in total. The van der Waals surface area contributed by atoms with Crippen molar-refractivity contribution in [2.24, 2.45) is 0 Å². The molecule has 1 fully saturated rings. The fourth-order valence-electron chi connectivity index (χ4n) is 4.85. The van der Waals surface area contributed by atoms with Crippen LogP contribution in [0.3, 0.4) is 0 Å². The van der Waals surface area contributed by atoms with E-state index in [0.717, 1.165) is 28.5 Å². The Morgan fingerprint density at radius 3 is 2.47 bits per heavy atom. The van der Waals surface area contributed by atoms with Crippen molar-refractivity contribution in [3.8, 4) is 11.4 Å². The normalized spacial score (nSPS) is 16.7. The van der Waals surface area contributed by atoms with E-state index in [-0.39, 0.29) is 18.0 Å². The van der Waals surface area contributed by atoms with Gasteiger partial charge in [0.2, 0.25) is 5.91 Å². The number of nitrogens with one attached hydrogen (secondary N) is 2. The predicted molar refractivity (Wildman–Crippen MR) is 155 cm³/mol. The van der Waals surface area contributed by atoms with E-state index in [4.69, 9.17) is 17.0 Å². The lowest BCUT2D eigenvalue weighted by Crippen LogP contribution is -2.30. The molecule has 1 aliphatic heterocycles. The topological polar surface area (TPSA) is 74.7 Å². The smallest absolute Gasteiger partial charge is 0.221 e. The van der Waals surface area contributed by atoms with Crippen LogP contribution in [-0.4, -0.2) is 41.8 Å². The van der Waals surface area contributed by atoms with Crippen LogP contribution >= 0.6 is 12.2 Å². The SMILES string of the molecule is COc1ccc(N2C(=S)N[C@H](c3ccccn3)[C@H]2c2cccn2-c2ccc(N(C)C)cc2)cc1NC(C)=O. The average molecular weight is 527 g/mol. The Morgan fingerprint density at radius 2 is 1.82 bits per heavy atom. The average Bonchev–Trinajstić information content (AvgIpc) is 3.53. The molecule has 0 spiro atoms. The highest BCUT2D eigenvalue weighted by Crippen LogP contribution is 2.43. The van der Waals surface area contributed by atoms with E-state index in [1.54, 1.807) is 13.3 Å². The molecule has 2 aromatic carbocycles. The van der Waals surface area contributed by atoms with Crippen LogP contribution < -0.4 is 25.2 Å².